The predicted molar refractivity (Wildman–Crippen MR) is 86.6 cm³/mol. The van der Waals surface area contributed by atoms with Crippen molar-refractivity contribution in [2.75, 3.05) is 13.1 Å². The highest BCUT2D eigenvalue weighted by Gasteiger charge is 2.29. The van der Waals surface area contributed by atoms with Crippen LogP contribution in [0, 0.1) is 18.7 Å². The van der Waals surface area contributed by atoms with Crippen molar-refractivity contribution in [1.29, 1.82) is 0 Å². The van der Waals surface area contributed by atoms with E-state index in [0.717, 1.165) is 0 Å². The minimum Gasteiger partial charge on any atom is -0.369 e. The molecule has 1 aromatic heterocycles. The second kappa shape index (κ2) is 7.00. The fourth-order valence-corrected chi connectivity index (χ4v) is 2.80. The molecule has 2 aromatic rings. The van der Waals surface area contributed by atoms with E-state index in [-0.39, 0.29) is 42.2 Å². The number of carbonyl (C=O) groups is 2. The van der Waals surface area contributed by atoms with Gasteiger partial charge in [-0.05, 0) is 25.0 Å². The van der Waals surface area contributed by atoms with E-state index in [1.54, 1.807) is 24.0 Å². The van der Waals surface area contributed by atoms with E-state index in [1.807, 2.05) is 0 Å². The van der Waals surface area contributed by atoms with Gasteiger partial charge in [0, 0.05) is 31.5 Å². The van der Waals surface area contributed by atoms with Gasteiger partial charge in [0.2, 0.25) is 23.5 Å². The molecule has 25 heavy (non-hydrogen) atoms. The van der Waals surface area contributed by atoms with Gasteiger partial charge in [-0.1, -0.05) is 17.3 Å². The molecule has 0 bridgehead atoms. The smallest absolute Gasteiger partial charge is 0.227 e. The molecule has 7 nitrogen and oxygen atoms in total. The molecule has 1 aliphatic heterocycles. The van der Waals surface area contributed by atoms with Crippen molar-refractivity contribution in [2.45, 2.75) is 26.2 Å². The van der Waals surface area contributed by atoms with E-state index in [4.69, 9.17) is 10.3 Å². The number of amides is 2. The lowest BCUT2D eigenvalue weighted by molar-refractivity contribution is -0.130. The van der Waals surface area contributed by atoms with Crippen molar-refractivity contribution >= 4 is 11.8 Å². The standard InChI is InChI=1S/C17H19FN4O3/c1-10-2-3-11(8-13(10)18)17-20-14(25-21-17)4-5-15(23)22-7-6-12(9-22)16(19)24/h2-3,8,12H,4-7,9H2,1H3,(H2,19,24)/t12-/m1/s1. The monoisotopic (exact) mass is 346 g/mol. The number of aryl methyl sites for hydroxylation is 2. The Balaban J connectivity index is 1.58. The van der Waals surface area contributed by atoms with Gasteiger partial charge in [0.1, 0.15) is 5.82 Å². The lowest BCUT2D eigenvalue weighted by Gasteiger charge is -2.15. The van der Waals surface area contributed by atoms with Gasteiger partial charge in [-0.3, -0.25) is 9.59 Å². The summed E-state index contributed by atoms with van der Waals surface area (Å²) in [5.41, 5.74) is 6.33. The Labute approximate surface area is 144 Å². The number of hydrogen-bond acceptors (Lipinski definition) is 5. The molecule has 2 heterocycles. The van der Waals surface area contributed by atoms with Crippen LogP contribution in [0.15, 0.2) is 22.7 Å². The van der Waals surface area contributed by atoms with Gasteiger partial charge in [-0.2, -0.15) is 4.98 Å². The molecule has 1 aromatic carbocycles. The Kier molecular flexibility index (Phi) is 4.78. The van der Waals surface area contributed by atoms with Crippen molar-refractivity contribution in [1.82, 2.24) is 15.0 Å². The molecule has 1 aliphatic rings. The van der Waals surface area contributed by atoms with Crippen LogP contribution >= 0.6 is 0 Å². The molecule has 8 heteroatoms. The maximum absolute atomic E-state index is 13.6. The van der Waals surface area contributed by atoms with Crippen LogP contribution in [0.3, 0.4) is 0 Å². The molecule has 2 amide bonds. The van der Waals surface area contributed by atoms with Crippen LogP contribution < -0.4 is 5.73 Å². The first kappa shape index (κ1) is 17.1. The molecule has 0 unspecified atom stereocenters. The van der Waals surface area contributed by atoms with Gasteiger partial charge >= 0.3 is 0 Å². The summed E-state index contributed by atoms with van der Waals surface area (Å²) in [5, 5.41) is 3.83. The zero-order chi connectivity index (χ0) is 18.0. The summed E-state index contributed by atoms with van der Waals surface area (Å²) in [7, 11) is 0. The number of rotatable bonds is 5. The summed E-state index contributed by atoms with van der Waals surface area (Å²) >= 11 is 0. The Hall–Kier alpha value is -2.77. The lowest BCUT2D eigenvalue weighted by Crippen LogP contribution is -2.31. The summed E-state index contributed by atoms with van der Waals surface area (Å²) < 4.78 is 18.8. The molecule has 0 spiro atoms. The summed E-state index contributed by atoms with van der Waals surface area (Å²) in [6.45, 7) is 2.57. The van der Waals surface area contributed by atoms with E-state index >= 15 is 0 Å². The maximum atomic E-state index is 13.6. The fraction of sp³-hybridized carbons (Fsp3) is 0.412. The van der Waals surface area contributed by atoms with Gasteiger partial charge in [-0.15, -0.1) is 0 Å². The van der Waals surface area contributed by atoms with Crippen molar-refractivity contribution < 1.29 is 18.5 Å². The third-order valence-electron chi connectivity index (χ3n) is 4.39. The summed E-state index contributed by atoms with van der Waals surface area (Å²) in [4.78, 5) is 29.2. The quantitative estimate of drug-likeness (QED) is 0.883. The van der Waals surface area contributed by atoms with Crippen LogP contribution in [0.5, 0.6) is 0 Å². The number of hydrogen-bond donors (Lipinski definition) is 1. The first-order chi connectivity index (χ1) is 11.9. The average Bonchev–Trinajstić information content (AvgIpc) is 3.24. The van der Waals surface area contributed by atoms with Crippen molar-refractivity contribution in [3.05, 3.63) is 35.5 Å². The van der Waals surface area contributed by atoms with Crippen LogP contribution in [-0.2, 0) is 16.0 Å². The largest absolute Gasteiger partial charge is 0.369 e. The molecule has 3 rings (SSSR count). The van der Waals surface area contributed by atoms with Crippen LogP contribution in [-0.4, -0.2) is 39.9 Å². The van der Waals surface area contributed by atoms with Gasteiger partial charge < -0.3 is 15.2 Å². The van der Waals surface area contributed by atoms with Crippen LogP contribution in [0.1, 0.15) is 24.3 Å². The fourth-order valence-electron chi connectivity index (χ4n) is 2.80. The topological polar surface area (TPSA) is 102 Å². The van der Waals surface area contributed by atoms with E-state index < -0.39 is 0 Å². The molecule has 2 N–H and O–H groups in total. The average molecular weight is 346 g/mol. The Morgan fingerprint density at radius 2 is 2.24 bits per heavy atom. The van der Waals surface area contributed by atoms with Gasteiger partial charge in [0.25, 0.3) is 0 Å². The number of halogens is 1. The summed E-state index contributed by atoms with van der Waals surface area (Å²) in [5.74, 6) is -0.453. The van der Waals surface area contributed by atoms with E-state index in [1.165, 1.54) is 6.07 Å². The summed E-state index contributed by atoms with van der Waals surface area (Å²) in [6.07, 6.45) is 1.10. The molecule has 0 radical (unpaired) electrons. The Morgan fingerprint density at radius 3 is 2.92 bits per heavy atom. The molecule has 1 atom stereocenters. The highest BCUT2D eigenvalue weighted by molar-refractivity contribution is 5.81. The number of carbonyl (C=O) groups excluding carboxylic acids is 2. The number of aromatic nitrogens is 2. The zero-order valence-electron chi connectivity index (χ0n) is 13.9. The highest BCUT2D eigenvalue weighted by Crippen LogP contribution is 2.20. The first-order valence-corrected chi connectivity index (χ1v) is 8.10. The Bertz CT molecular complexity index is 805. The predicted octanol–water partition coefficient (Wildman–Crippen LogP) is 1.45. The zero-order valence-corrected chi connectivity index (χ0v) is 13.9. The van der Waals surface area contributed by atoms with Gasteiger partial charge in [-0.25, -0.2) is 4.39 Å². The molecule has 132 valence electrons. The molecule has 0 saturated carbocycles. The SMILES string of the molecule is Cc1ccc(-c2noc(CCC(=O)N3CC[C@@H](C(N)=O)C3)n2)cc1F. The number of likely N-dealkylation sites (tertiary alicyclic amines) is 1. The molecular weight excluding hydrogens is 327 g/mol. The van der Waals surface area contributed by atoms with Crippen molar-refractivity contribution in [2.24, 2.45) is 11.7 Å². The van der Waals surface area contributed by atoms with E-state index in [0.29, 0.717) is 36.5 Å². The van der Waals surface area contributed by atoms with Crippen molar-refractivity contribution in [3.63, 3.8) is 0 Å². The third kappa shape index (κ3) is 3.84. The maximum Gasteiger partial charge on any atom is 0.227 e. The number of benzene rings is 1. The molecule has 1 fully saturated rings. The second-order valence-corrected chi connectivity index (χ2v) is 6.20. The summed E-state index contributed by atoms with van der Waals surface area (Å²) in [6, 6.07) is 4.71. The number of primary amides is 1. The number of nitrogens with two attached hydrogens (primary N) is 1. The van der Waals surface area contributed by atoms with E-state index in [2.05, 4.69) is 10.1 Å². The lowest BCUT2D eigenvalue weighted by atomic mass is 10.1. The number of nitrogens with zero attached hydrogens (tertiary/aromatic N) is 3. The van der Waals surface area contributed by atoms with Crippen LogP contribution in [0.25, 0.3) is 11.4 Å². The molecule has 0 aliphatic carbocycles. The van der Waals surface area contributed by atoms with Gasteiger partial charge in [0.05, 0.1) is 5.92 Å². The van der Waals surface area contributed by atoms with Crippen LogP contribution in [0.4, 0.5) is 4.39 Å². The van der Waals surface area contributed by atoms with Crippen molar-refractivity contribution in [3.8, 4) is 11.4 Å². The van der Waals surface area contributed by atoms with E-state index in [9.17, 15) is 14.0 Å². The normalized spacial score (nSPS) is 17.0. The second-order valence-electron chi connectivity index (χ2n) is 6.20. The highest BCUT2D eigenvalue weighted by atomic mass is 19.1. The third-order valence-corrected chi connectivity index (χ3v) is 4.39. The Morgan fingerprint density at radius 1 is 1.44 bits per heavy atom. The molecule has 1 saturated heterocycles. The first-order valence-electron chi connectivity index (χ1n) is 8.10. The minimum absolute atomic E-state index is 0.0788. The minimum atomic E-state index is -0.373. The molecular formula is C17H19FN4O3. The van der Waals surface area contributed by atoms with Gasteiger partial charge in [0.15, 0.2) is 0 Å². The van der Waals surface area contributed by atoms with Crippen LogP contribution in [0.2, 0.25) is 0 Å².